The summed E-state index contributed by atoms with van der Waals surface area (Å²) in [5.74, 6) is 6.41. The average Bonchev–Trinajstić information content (AvgIpc) is 1.79. The summed E-state index contributed by atoms with van der Waals surface area (Å²) < 4.78 is 73.6. The monoisotopic (exact) mass is 1300 g/mol. The van der Waals surface area contributed by atoms with Crippen LogP contribution < -0.4 is 29.1 Å². The molecule has 0 spiro atoms. The van der Waals surface area contributed by atoms with Gasteiger partial charge in [0, 0.05) is 68.6 Å². The number of pyridine rings is 2. The summed E-state index contributed by atoms with van der Waals surface area (Å²) in [6.07, 6.45) is 18.9. The fraction of sp³-hybridized carbons (Fsp3) is 0.586. The van der Waals surface area contributed by atoms with Gasteiger partial charge in [-0.15, -0.1) is 22.6 Å². The number of anilines is 1. The molecule has 28 heteroatoms. The Balaban J connectivity index is 0.000000213. The molecule has 0 bridgehead atoms. The molecule has 0 unspecified atom stereocenters. The highest BCUT2D eigenvalue weighted by Crippen LogP contribution is 2.50. The van der Waals surface area contributed by atoms with Crippen LogP contribution in [0.4, 0.5) is 5.82 Å². The van der Waals surface area contributed by atoms with Gasteiger partial charge in [-0.2, -0.15) is 37.2 Å². The van der Waals surface area contributed by atoms with E-state index in [0.29, 0.717) is 78.0 Å². The van der Waals surface area contributed by atoms with E-state index < -0.39 is 31.9 Å². The van der Waals surface area contributed by atoms with Crippen LogP contribution in [0.2, 0.25) is 5.15 Å². The number of carbonyl (C=O) groups excluding carboxylic acids is 2. The van der Waals surface area contributed by atoms with Gasteiger partial charge in [-0.25, -0.2) is 45.6 Å². The number of nitrogens with one attached hydrogen (secondary N) is 3. The summed E-state index contributed by atoms with van der Waals surface area (Å²) in [5.41, 5.74) is 0.835. The van der Waals surface area contributed by atoms with Crippen LogP contribution >= 0.6 is 51.0 Å². The fourth-order valence-electron chi connectivity index (χ4n) is 12.0. The molecule has 4 saturated carbocycles. The molecule has 8 heterocycles. The molecule has 0 radical (unpaired) electrons. The molecule has 472 valence electrons. The van der Waals surface area contributed by atoms with E-state index in [9.17, 15) is 26.4 Å². The maximum absolute atomic E-state index is 13.5. The Kier molecular flexibility index (Phi) is 21.5. The summed E-state index contributed by atoms with van der Waals surface area (Å²) in [6.45, 7) is 19.6. The molecule has 6 fully saturated rings. The van der Waals surface area contributed by atoms with Gasteiger partial charge in [-0.05, 0) is 184 Å². The smallest absolute Gasteiger partial charge is 0.268 e. The number of sulfonamides is 2. The first-order valence-corrected chi connectivity index (χ1v) is 32.3. The van der Waals surface area contributed by atoms with Crippen molar-refractivity contribution < 1.29 is 35.9 Å². The number of carbonyl (C=O) groups is 2. The maximum Gasteiger partial charge on any atom is 0.268 e. The van der Waals surface area contributed by atoms with E-state index in [1.807, 2.05) is 10.8 Å². The molecule has 4 aliphatic carbocycles. The lowest BCUT2D eigenvalue weighted by Gasteiger charge is -2.34. The van der Waals surface area contributed by atoms with Crippen LogP contribution in [0.1, 0.15) is 138 Å². The molecule has 2 atom stereocenters. The number of aryl methyl sites for hydroxylation is 4. The van der Waals surface area contributed by atoms with Crippen molar-refractivity contribution in [3.05, 3.63) is 88.9 Å². The third-order valence-corrected chi connectivity index (χ3v) is 19.8. The molecule has 2 amide bonds. The predicted octanol–water partition coefficient (Wildman–Crippen LogP) is 8.81. The summed E-state index contributed by atoms with van der Waals surface area (Å²) in [4.78, 5) is 37.2. The van der Waals surface area contributed by atoms with Crippen molar-refractivity contribution in [3.63, 3.8) is 0 Å². The quantitative estimate of drug-likeness (QED) is 0.0640. The minimum atomic E-state index is -4.14. The predicted molar refractivity (Wildman–Crippen MR) is 341 cm³/mol. The Morgan fingerprint density at radius 2 is 1.08 bits per heavy atom. The SMILES string of the molecule is C[C@@H]1CNC(C)(C)C1.Cc1nn(C)cc1S(=O)(=O)NC(=O)c1ccc(-n2ccc(OCC(C3CC3)C3CC3)n2)nc1Cl.Cc1nn(C)cc1S(=O)(=O)NC(=O)c1ccc(-n2ccc(OCC(C3CC3)C3CC3)n2)nc1N1C[C@@H](C)CC1(C)C.Cl.S.S. The molecule has 3 N–H and O–H groups in total. The van der Waals surface area contributed by atoms with Crippen molar-refractivity contribution >= 4 is 88.7 Å². The second kappa shape index (κ2) is 27.2. The van der Waals surface area contributed by atoms with Gasteiger partial charge in [-0.3, -0.25) is 19.0 Å². The largest absolute Gasteiger partial charge is 0.476 e. The van der Waals surface area contributed by atoms with E-state index in [0.717, 1.165) is 36.0 Å². The fourth-order valence-corrected chi connectivity index (χ4v) is 14.6. The van der Waals surface area contributed by atoms with Gasteiger partial charge in [-0.1, -0.05) is 25.4 Å². The van der Waals surface area contributed by atoms with Crippen molar-refractivity contribution in [2.45, 2.75) is 140 Å². The van der Waals surface area contributed by atoms with Gasteiger partial charge in [0.15, 0.2) is 11.6 Å². The Morgan fingerprint density at radius 1 is 0.651 bits per heavy atom. The zero-order valence-corrected chi connectivity index (χ0v) is 55.8. The van der Waals surface area contributed by atoms with E-state index in [1.165, 1.54) is 103 Å². The van der Waals surface area contributed by atoms with E-state index in [-0.39, 0.29) is 76.7 Å². The third-order valence-electron chi connectivity index (χ3n) is 16.6. The van der Waals surface area contributed by atoms with E-state index in [2.05, 4.69) is 81.9 Å². The van der Waals surface area contributed by atoms with Crippen LogP contribution in [0.25, 0.3) is 11.6 Å². The van der Waals surface area contributed by atoms with Crippen molar-refractivity contribution in [2.75, 3.05) is 31.2 Å². The number of halogens is 2. The number of hydrogen-bond acceptors (Lipinski definition) is 16. The van der Waals surface area contributed by atoms with Crippen LogP contribution in [-0.4, -0.2) is 115 Å². The number of aromatic nitrogens is 10. The molecule has 2 saturated heterocycles. The van der Waals surface area contributed by atoms with Crippen LogP contribution in [0, 0.1) is 61.2 Å². The summed E-state index contributed by atoms with van der Waals surface area (Å²) >= 11 is 6.22. The average molecular weight is 1300 g/mol. The van der Waals surface area contributed by atoms with Crippen molar-refractivity contribution in [2.24, 2.45) is 61.4 Å². The zero-order chi connectivity index (χ0) is 59.3. The van der Waals surface area contributed by atoms with E-state index >= 15 is 0 Å². The maximum atomic E-state index is 13.5. The molecule has 2 aliphatic heterocycles. The summed E-state index contributed by atoms with van der Waals surface area (Å²) in [5, 5.41) is 20.4. The number of ether oxygens (including phenoxy) is 2. The number of nitrogens with zero attached hydrogens (tertiary/aromatic N) is 11. The Labute approximate surface area is 530 Å². The first kappa shape index (κ1) is 68.1. The highest BCUT2D eigenvalue weighted by atomic mass is 35.5. The lowest BCUT2D eigenvalue weighted by Crippen LogP contribution is -2.41. The van der Waals surface area contributed by atoms with Crippen molar-refractivity contribution in [1.82, 2.24) is 63.9 Å². The highest BCUT2D eigenvalue weighted by molar-refractivity contribution is 7.90. The van der Waals surface area contributed by atoms with Gasteiger partial charge < -0.3 is 19.7 Å². The Hall–Kier alpha value is -5.38. The molecule has 6 aromatic heterocycles. The summed E-state index contributed by atoms with van der Waals surface area (Å²) in [7, 11) is -5.02. The summed E-state index contributed by atoms with van der Waals surface area (Å²) in [6, 6.07) is 9.84. The van der Waals surface area contributed by atoms with Crippen molar-refractivity contribution in [3.8, 4) is 23.4 Å². The van der Waals surface area contributed by atoms with Crippen LogP contribution in [0.5, 0.6) is 11.8 Å². The number of rotatable bonds is 19. The van der Waals surface area contributed by atoms with Gasteiger partial charge >= 0.3 is 0 Å². The molecule has 0 aromatic carbocycles. The van der Waals surface area contributed by atoms with Crippen LogP contribution in [-0.2, 0) is 34.1 Å². The Morgan fingerprint density at radius 3 is 1.43 bits per heavy atom. The van der Waals surface area contributed by atoms with Gasteiger partial charge in [0.25, 0.3) is 31.9 Å². The molecular weight excluding hydrogens is 1220 g/mol. The molecule has 22 nitrogen and oxygen atoms in total. The molecule has 6 aromatic rings. The second-order valence-corrected chi connectivity index (χ2v) is 28.9. The molecule has 12 rings (SSSR count). The molecule has 6 aliphatic rings. The molecule has 86 heavy (non-hydrogen) atoms. The highest BCUT2D eigenvalue weighted by Gasteiger charge is 2.44. The van der Waals surface area contributed by atoms with Gasteiger partial charge in [0.05, 0.1) is 35.7 Å². The number of amides is 2. The van der Waals surface area contributed by atoms with E-state index in [4.69, 9.17) is 26.1 Å². The zero-order valence-electron chi connectivity index (χ0n) is 50.6. The standard InChI is InChI=1S/C29H39N7O4S.C22H25ClN6O4S.C7H15N.ClH.2H2S/c1-18-14-29(3,4)35(15-18)27-22(28(37)33-41(38,39)24-16-34(5)31-19(24)2)10-11-25(30-27)36-13-12-26(32-36)40-17-23(20-6-7-20)21-8-9-21;1-13-18(11-28(2)25-13)34(31,32)27-22(30)16-7-8-19(24-21(16)23)29-10-9-20(26-29)33-12-17(14-3-4-14)15-5-6-15;1-6-4-7(2,3)8-5-6;;;/h10-13,16,18,20-21,23H,6-9,14-15,17H2,1-5H3,(H,33,37);7-11,14-15,17H,3-6,12H2,1-2H3,(H,27,30);6,8H,4-5H2,1-3H3;1H;2*1H2/t18-;;6-;;;/m0.0.../s1. The lowest BCUT2D eigenvalue weighted by molar-refractivity contribution is 0.0972. The number of hydrogen-bond donors (Lipinski definition) is 3. The first-order chi connectivity index (χ1) is 39.2. The van der Waals surface area contributed by atoms with Crippen molar-refractivity contribution in [1.29, 1.82) is 0 Å². The van der Waals surface area contributed by atoms with Crippen LogP contribution in [0.3, 0.4) is 0 Å². The van der Waals surface area contributed by atoms with Gasteiger partial charge in [0.1, 0.15) is 20.8 Å². The first-order valence-electron chi connectivity index (χ1n) is 28.9. The minimum Gasteiger partial charge on any atom is -0.476 e. The minimum absolute atomic E-state index is 0. The lowest BCUT2D eigenvalue weighted by atomic mass is 9.97. The topological polar surface area (TPSA) is 257 Å². The normalized spacial score (nSPS) is 19.5. The van der Waals surface area contributed by atoms with Crippen LogP contribution in [0.15, 0.2) is 71.0 Å². The second-order valence-electron chi connectivity index (χ2n) is 25.2. The van der Waals surface area contributed by atoms with Gasteiger partial charge in [0.2, 0.25) is 11.8 Å². The molecular formula is C58H84Cl2N14O8S4. The Bertz CT molecular complexity index is 3570. The van der Waals surface area contributed by atoms with E-state index in [1.54, 1.807) is 63.2 Å². The third kappa shape index (κ3) is 16.7.